The van der Waals surface area contributed by atoms with Crippen LogP contribution in [0.25, 0.3) is 0 Å². The van der Waals surface area contributed by atoms with Crippen LogP contribution < -0.4 is 5.32 Å². The largest absolute Gasteiger partial charge is 0.416 e. The van der Waals surface area contributed by atoms with Crippen LogP contribution in [0, 0.1) is 0 Å². The predicted molar refractivity (Wildman–Crippen MR) is 76.2 cm³/mol. The van der Waals surface area contributed by atoms with Crippen molar-refractivity contribution in [3.8, 4) is 0 Å². The molecule has 0 bridgehead atoms. The number of benzene rings is 1. The highest BCUT2D eigenvalue weighted by atomic mass is 19.4. The predicted octanol–water partition coefficient (Wildman–Crippen LogP) is 3.80. The quantitative estimate of drug-likeness (QED) is 0.863. The van der Waals surface area contributed by atoms with E-state index in [9.17, 15) is 13.2 Å². The SMILES string of the molecule is CNC(Cc1ccc(C(F)(F)F)cc1)CC1(OC)CCC1. The molecule has 0 aromatic heterocycles. The van der Waals surface area contributed by atoms with Crippen LogP contribution in [0.5, 0.6) is 0 Å². The van der Waals surface area contributed by atoms with Gasteiger partial charge in [0, 0.05) is 13.2 Å². The molecule has 118 valence electrons. The maximum Gasteiger partial charge on any atom is 0.416 e. The molecule has 2 rings (SSSR count). The first-order valence-electron chi connectivity index (χ1n) is 7.27. The number of methoxy groups -OCH3 is 1. The highest BCUT2D eigenvalue weighted by Crippen LogP contribution is 2.39. The van der Waals surface area contributed by atoms with Crippen molar-refractivity contribution in [3.63, 3.8) is 0 Å². The number of likely N-dealkylation sites (N-methyl/N-ethyl adjacent to an activating group) is 1. The molecular formula is C16H22F3NO. The third-order valence-electron chi connectivity index (χ3n) is 4.49. The van der Waals surface area contributed by atoms with Crippen molar-refractivity contribution < 1.29 is 17.9 Å². The summed E-state index contributed by atoms with van der Waals surface area (Å²) in [6.45, 7) is 0. The number of halogens is 3. The standard InChI is InChI=1S/C16H22F3NO/c1-20-14(11-15(21-2)8-3-9-15)10-12-4-6-13(7-5-12)16(17,18)19/h4-7,14,20H,3,8-11H2,1-2H3. The van der Waals surface area contributed by atoms with E-state index in [1.807, 2.05) is 7.05 Å². The summed E-state index contributed by atoms with van der Waals surface area (Å²) in [5.41, 5.74) is 0.270. The summed E-state index contributed by atoms with van der Waals surface area (Å²) in [5.74, 6) is 0. The van der Waals surface area contributed by atoms with Crippen molar-refractivity contribution in [2.45, 2.75) is 49.9 Å². The summed E-state index contributed by atoms with van der Waals surface area (Å²) in [6.07, 6.45) is 0.641. The molecule has 1 aromatic rings. The molecule has 1 fully saturated rings. The van der Waals surface area contributed by atoms with Crippen LogP contribution in [0.4, 0.5) is 13.2 Å². The average Bonchev–Trinajstić information content (AvgIpc) is 2.41. The first-order valence-corrected chi connectivity index (χ1v) is 7.27. The van der Waals surface area contributed by atoms with Crippen LogP contribution in [-0.2, 0) is 17.3 Å². The molecule has 2 nitrogen and oxygen atoms in total. The first-order chi connectivity index (χ1) is 9.88. The van der Waals surface area contributed by atoms with Crippen molar-refractivity contribution in [1.82, 2.24) is 5.32 Å². The minimum atomic E-state index is -4.27. The van der Waals surface area contributed by atoms with E-state index in [4.69, 9.17) is 4.74 Å². The minimum absolute atomic E-state index is 0.0421. The van der Waals surface area contributed by atoms with Crippen molar-refractivity contribution in [3.05, 3.63) is 35.4 Å². The van der Waals surface area contributed by atoms with Gasteiger partial charge in [0.15, 0.2) is 0 Å². The molecule has 1 saturated carbocycles. The highest BCUT2D eigenvalue weighted by Gasteiger charge is 2.38. The Labute approximate surface area is 123 Å². The van der Waals surface area contributed by atoms with Gasteiger partial charge in [0.2, 0.25) is 0 Å². The van der Waals surface area contributed by atoms with Gasteiger partial charge in [-0.1, -0.05) is 12.1 Å². The van der Waals surface area contributed by atoms with Gasteiger partial charge < -0.3 is 10.1 Å². The zero-order valence-corrected chi connectivity index (χ0v) is 12.5. The fourth-order valence-corrected chi connectivity index (χ4v) is 2.90. The second kappa shape index (κ2) is 6.36. The van der Waals surface area contributed by atoms with E-state index in [-0.39, 0.29) is 11.6 Å². The van der Waals surface area contributed by atoms with Crippen LogP contribution >= 0.6 is 0 Å². The Balaban J connectivity index is 1.98. The second-order valence-corrected chi connectivity index (χ2v) is 5.83. The van der Waals surface area contributed by atoms with E-state index < -0.39 is 11.7 Å². The van der Waals surface area contributed by atoms with E-state index in [1.165, 1.54) is 6.42 Å². The number of hydrogen-bond acceptors (Lipinski definition) is 2. The van der Waals surface area contributed by atoms with Crippen molar-refractivity contribution >= 4 is 0 Å². The van der Waals surface area contributed by atoms with Crippen LogP contribution in [0.2, 0.25) is 0 Å². The third kappa shape index (κ3) is 3.98. The Kier molecular flexibility index (Phi) is 4.94. The maximum absolute atomic E-state index is 12.5. The van der Waals surface area contributed by atoms with Crippen LogP contribution in [0.3, 0.4) is 0 Å². The van der Waals surface area contributed by atoms with Crippen LogP contribution in [-0.4, -0.2) is 25.8 Å². The molecule has 1 unspecified atom stereocenters. The Morgan fingerprint density at radius 2 is 1.86 bits per heavy atom. The number of alkyl halides is 3. The van der Waals surface area contributed by atoms with Gasteiger partial charge in [0.1, 0.15) is 0 Å². The molecule has 0 radical (unpaired) electrons. The summed E-state index contributed by atoms with van der Waals surface area (Å²) in [6, 6.07) is 5.64. The Morgan fingerprint density at radius 3 is 2.24 bits per heavy atom. The monoisotopic (exact) mass is 301 g/mol. The van der Waals surface area contributed by atoms with Gasteiger partial charge in [-0.3, -0.25) is 0 Å². The lowest BCUT2D eigenvalue weighted by Crippen LogP contribution is -2.45. The van der Waals surface area contributed by atoms with Gasteiger partial charge in [0.05, 0.1) is 11.2 Å². The van der Waals surface area contributed by atoms with E-state index in [2.05, 4.69) is 5.32 Å². The molecule has 21 heavy (non-hydrogen) atoms. The fraction of sp³-hybridized carbons (Fsp3) is 0.625. The van der Waals surface area contributed by atoms with E-state index in [1.54, 1.807) is 19.2 Å². The molecule has 1 atom stereocenters. The van der Waals surface area contributed by atoms with Crippen molar-refractivity contribution in [2.75, 3.05) is 14.2 Å². The summed E-state index contributed by atoms with van der Waals surface area (Å²) in [4.78, 5) is 0. The van der Waals surface area contributed by atoms with Gasteiger partial charge in [-0.25, -0.2) is 0 Å². The van der Waals surface area contributed by atoms with Gasteiger partial charge in [-0.2, -0.15) is 13.2 Å². The molecule has 0 saturated heterocycles. The molecule has 1 aliphatic carbocycles. The Hall–Kier alpha value is -1.07. The van der Waals surface area contributed by atoms with Gasteiger partial charge in [-0.15, -0.1) is 0 Å². The normalized spacial score (nSPS) is 19.1. The second-order valence-electron chi connectivity index (χ2n) is 5.83. The third-order valence-corrected chi connectivity index (χ3v) is 4.49. The number of hydrogen-bond donors (Lipinski definition) is 1. The smallest absolute Gasteiger partial charge is 0.378 e. The van der Waals surface area contributed by atoms with Gasteiger partial charge in [0.25, 0.3) is 0 Å². The Bertz CT molecular complexity index is 446. The van der Waals surface area contributed by atoms with E-state index in [0.29, 0.717) is 6.42 Å². The molecule has 0 heterocycles. The van der Waals surface area contributed by atoms with Crippen LogP contribution in [0.1, 0.15) is 36.8 Å². The number of nitrogens with one attached hydrogen (secondary N) is 1. The zero-order valence-electron chi connectivity index (χ0n) is 12.5. The molecular weight excluding hydrogens is 279 g/mol. The van der Waals surface area contributed by atoms with Crippen molar-refractivity contribution in [1.29, 1.82) is 0 Å². The van der Waals surface area contributed by atoms with Crippen LogP contribution in [0.15, 0.2) is 24.3 Å². The highest BCUT2D eigenvalue weighted by molar-refractivity contribution is 5.25. The number of rotatable bonds is 6. The lowest BCUT2D eigenvalue weighted by molar-refractivity contribution is -0.137. The minimum Gasteiger partial charge on any atom is -0.378 e. The Morgan fingerprint density at radius 1 is 1.24 bits per heavy atom. The van der Waals surface area contributed by atoms with Crippen molar-refractivity contribution in [2.24, 2.45) is 0 Å². The molecule has 1 aliphatic rings. The van der Waals surface area contributed by atoms with Gasteiger partial charge in [-0.05, 0) is 56.8 Å². The zero-order chi connectivity index (χ0) is 15.5. The van der Waals surface area contributed by atoms with E-state index >= 15 is 0 Å². The van der Waals surface area contributed by atoms with Gasteiger partial charge >= 0.3 is 6.18 Å². The summed E-state index contributed by atoms with van der Waals surface area (Å²) in [5, 5.41) is 3.25. The maximum atomic E-state index is 12.5. The summed E-state index contributed by atoms with van der Waals surface area (Å²) in [7, 11) is 3.63. The molecule has 1 aromatic carbocycles. The molecule has 0 spiro atoms. The molecule has 1 N–H and O–H groups in total. The topological polar surface area (TPSA) is 21.3 Å². The molecule has 5 heteroatoms. The fourth-order valence-electron chi connectivity index (χ4n) is 2.90. The summed E-state index contributed by atoms with van der Waals surface area (Å²) >= 11 is 0. The molecule has 0 aliphatic heterocycles. The average molecular weight is 301 g/mol. The first kappa shape index (κ1) is 16.3. The number of ether oxygens (including phenoxy) is 1. The lowest BCUT2D eigenvalue weighted by Gasteiger charge is -2.42. The van der Waals surface area contributed by atoms with E-state index in [0.717, 1.165) is 37.0 Å². The lowest BCUT2D eigenvalue weighted by atomic mass is 9.75. The molecule has 0 amide bonds. The summed E-state index contributed by atoms with van der Waals surface area (Å²) < 4.78 is 43.2.